The molecule has 0 aliphatic carbocycles. The van der Waals surface area contributed by atoms with Gasteiger partial charge in [0, 0.05) is 11.1 Å². The van der Waals surface area contributed by atoms with Crippen molar-refractivity contribution in [2.75, 3.05) is 0 Å². The first-order chi connectivity index (χ1) is 6.14. The maximum Gasteiger partial charge on any atom is 0.0547 e. The Bertz CT molecular complexity index is 321. The molecule has 1 rings (SSSR count). The molecule has 0 saturated heterocycles. The Balaban J connectivity index is 3.35. The summed E-state index contributed by atoms with van der Waals surface area (Å²) in [5.74, 6) is 0. The monoisotopic (exact) mass is 194 g/mol. The summed E-state index contributed by atoms with van der Waals surface area (Å²) in [7, 11) is 0. The molecule has 0 unspecified atom stereocenters. The number of hydrogen-bond donors (Lipinski definition) is 0. The third kappa shape index (κ3) is 1.99. The average Bonchev–Trinajstić information content (AvgIpc) is 2.27. The molecule has 0 spiro atoms. The quantitative estimate of drug-likeness (QED) is 0.620. The molecule has 2 heteroatoms. The molecule has 0 aromatic carbocycles. The molecule has 0 amide bonds. The van der Waals surface area contributed by atoms with Gasteiger partial charge in [0.15, 0.2) is 0 Å². The van der Waals surface area contributed by atoms with E-state index in [4.69, 9.17) is 0 Å². The second-order valence-electron chi connectivity index (χ2n) is 6.01. The summed E-state index contributed by atoms with van der Waals surface area (Å²) < 4.78 is 2.14. The van der Waals surface area contributed by atoms with Crippen LogP contribution in [-0.2, 0) is 11.0 Å². The fourth-order valence-electron chi connectivity index (χ4n) is 1.85. The van der Waals surface area contributed by atoms with Crippen LogP contribution in [0.4, 0.5) is 0 Å². The molecule has 0 fully saturated rings. The van der Waals surface area contributed by atoms with Crippen molar-refractivity contribution in [1.82, 2.24) is 9.78 Å². The minimum absolute atomic E-state index is 0.0663. The lowest BCUT2D eigenvalue weighted by atomic mass is 9.88. The number of aryl methyl sites for hydroxylation is 1. The average molecular weight is 194 g/mol. The number of rotatable bonds is 0. The Kier molecular flexibility index (Phi) is 2.51. The summed E-state index contributed by atoms with van der Waals surface area (Å²) in [6.45, 7) is 15.4. The van der Waals surface area contributed by atoms with Crippen LogP contribution in [0.2, 0.25) is 0 Å². The van der Waals surface area contributed by atoms with E-state index in [1.54, 1.807) is 0 Å². The zero-order chi connectivity index (χ0) is 11.1. The maximum absolute atomic E-state index is 4.47. The predicted octanol–water partition coefficient (Wildman–Crippen LogP) is 3.24. The van der Waals surface area contributed by atoms with E-state index >= 15 is 0 Å². The van der Waals surface area contributed by atoms with Gasteiger partial charge in [-0.15, -0.1) is 0 Å². The molecule has 14 heavy (non-hydrogen) atoms. The van der Waals surface area contributed by atoms with Crippen LogP contribution in [0.15, 0.2) is 6.20 Å². The molecular formula is C12H22N2. The summed E-state index contributed by atoms with van der Waals surface area (Å²) >= 11 is 0. The summed E-state index contributed by atoms with van der Waals surface area (Å²) in [6.07, 6.45) is 1.96. The van der Waals surface area contributed by atoms with Gasteiger partial charge in [0.05, 0.1) is 11.7 Å². The van der Waals surface area contributed by atoms with Gasteiger partial charge in [0.1, 0.15) is 0 Å². The Labute approximate surface area is 87.3 Å². The highest BCUT2D eigenvalue weighted by Gasteiger charge is 2.27. The first kappa shape index (κ1) is 11.3. The van der Waals surface area contributed by atoms with E-state index in [0.29, 0.717) is 0 Å². The van der Waals surface area contributed by atoms with E-state index in [-0.39, 0.29) is 11.0 Å². The zero-order valence-corrected chi connectivity index (χ0v) is 10.5. The van der Waals surface area contributed by atoms with Gasteiger partial charge in [-0.2, -0.15) is 5.10 Å². The first-order valence-corrected chi connectivity index (χ1v) is 5.19. The van der Waals surface area contributed by atoms with Gasteiger partial charge < -0.3 is 0 Å². The van der Waals surface area contributed by atoms with Gasteiger partial charge in [-0.3, -0.25) is 4.68 Å². The normalized spacial score (nSPS) is 13.4. The standard InChI is InChI=1S/C12H22N2/c1-9-8-13-14(12(5,6)7)10(9)11(2,3)4/h8H,1-7H3. The minimum atomic E-state index is 0.0663. The molecule has 1 heterocycles. The predicted molar refractivity (Wildman–Crippen MR) is 60.7 cm³/mol. The van der Waals surface area contributed by atoms with E-state index < -0.39 is 0 Å². The summed E-state index contributed by atoms with van der Waals surface area (Å²) in [5, 5.41) is 4.47. The Hall–Kier alpha value is -0.790. The zero-order valence-electron chi connectivity index (χ0n) is 10.5. The van der Waals surface area contributed by atoms with Crippen LogP contribution in [-0.4, -0.2) is 9.78 Å². The fourth-order valence-corrected chi connectivity index (χ4v) is 1.85. The summed E-state index contributed by atoms with van der Waals surface area (Å²) in [5.41, 5.74) is 2.85. The van der Waals surface area contributed by atoms with E-state index in [1.807, 2.05) is 6.20 Å². The minimum Gasteiger partial charge on any atom is -0.264 e. The molecule has 80 valence electrons. The second kappa shape index (κ2) is 3.11. The number of nitrogens with zero attached hydrogens (tertiary/aromatic N) is 2. The largest absolute Gasteiger partial charge is 0.264 e. The Morgan fingerprint density at radius 2 is 1.57 bits per heavy atom. The van der Waals surface area contributed by atoms with E-state index in [2.05, 4.69) is 58.2 Å². The molecule has 0 bridgehead atoms. The highest BCUT2D eigenvalue weighted by atomic mass is 15.3. The van der Waals surface area contributed by atoms with Crippen molar-refractivity contribution >= 4 is 0 Å². The third-order valence-electron chi connectivity index (χ3n) is 2.30. The van der Waals surface area contributed by atoms with Gasteiger partial charge in [-0.05, 0) is 33.3 Å². The van der Waals surface area contributed by atoms with Crippen LogP contribution in [0.3, 0.4) is 0 Å². The lowest BCUT2D eigenvalue weighted by molar-refractivity contribution is 0.321. The Morgan fingerprint density at radius 3 is 1.86 bits per heavy atom. The van der Waals surface area contributed by atoms with Crippen molar-refractivity contribution in [3.8, 4) is 0 Å². The lowest BCUT2D eigenvalue weighted by Crippen LogP contribution is -2.30. The second-order valence-corrected chi connectivity index (χ2v) is 6.01. The van der Waals surface area contributed by atoms with Crippen LogP contribution < -0.4 is 0 Å². The van der Waals surface area contributed by atoms with Gasteiger partial charge in [0.25, 0.3) is 0 Å². The lowest BCUT2D eigenvalue weighted by Gasteiger charge is -2.29. The first-order valence-electron chi connectivity index (χ1n) is 5.19. The van der Waals surface area contributed by atoms with Crippen LogP contribution in [0, 0.1) is 6.92 Å². The van der Waals surface area contributed by atoms with Gasteiger partial charge in [-0.1, -0.05) is 20.8 Å². The topological polar surface area (TPSA) is 17.8 Å². The van der Waals surface area contributed by atoms with Crippen LogP contribution in [0.1, 0.15) is 52.8 Å². The molecule has 0 N–H and O–H groups in total. The third-order valence-corrected chi connectivity index (χ3v) is 2.30. The molecule has 1 aromatic heterocycles. The maximum atomic E-state index is 4.47. The van der Waals surface area contributed by atoms with Crippen molar-refractivity contribution in [2.45, 2.75) is 59.4 Å². The van der Waals surface area contributed by atoms with E-state index in [1.165, 1.54) is 11.3 Å². The number of hydrogen-bond acceptors (Lipinski definition) is 1. The molecule has 1 aromatic rings. The van der Waals surface area contributed by atoms with Crippen molar-refractivity contribution in [2.24, 2.45) is 0 Å². The number of aromatic nitrogens is 2. The highest BCUT2D eigenvalue weighted by Crippen LogP contribution is 2.29. The molecular weight excluding hydrogens is 172 g/mol. The highest BCUT2D eigenvalue weighted by molar-refractivity contribution is 5.24. The van der Waals surface area contributed by atoms with Gasteiger partial charge in [0.2, 0.25) is 0 Å². The molecule has 0 radical (unpaired) electrons. The molecule has 2 nitrogen and oxygen atoms in total. The van der Waals surface area contributed by atoms with E-state index in [9.17, 15) is 0 Å². The molecule has 0 atom stereocenters. The fraction of sp³-hybridized carbons (Fsp3) is 0.750. The van der Waals surface area contributed by atoms with Crippen LogP contribution >= 0.6 is 0 Å². The van der Waals surface area contributed by atoms with Crippen molar-refractivity contribution < 1.29 is 0 Å². The molecule has 0 aliphatic rings. The summed E-state index contributed by atoms with van der Waals surface area (Å²) in [6, 6.07) is 0. The van der Waals surface area contributed by atoms with E-state index in [0.717, 1.165) is 0 Å². The van der Waals surface area contributed by atoms with Gasteiger partial charge >= 0.3 is 0 Å². The van der Waals surface area contributed by atoms with Gasteiger partial charge in [-0.25, -0.2) is 0 Å². The van der Waals surface area contributed by atoms with Crippen molar-refractivity contribution in [3.63, 3.8) is 0 Å². The SMILES string of the molecule is Cc1cnn(C(C)(C)C)c1C(C)(C)C. The Morgan fingerprint density at radius 1 is 1.07 bits per heavy atom. The smallest absolute Gasteiger partial charge is 0.0547 e. The molecule has 0 saturated carbocycles. The van der Waals surface area contributed by atoms with Crippen molar-refractivity contribution in [1.29, 1.82) is 0 Å². The van der Waals surface area contributed by atoms with Crippen molar-refractivity contribution in [3.05, 3.63) is 17.5 Å². The van der Waals surface area contributed by atoms with Crippen LogP contribution in [0.5, 0.6) is 0 Å². The summed E-state index contributed by atoms with van der Waals surface area (Å²) in [4.78, 5) is 0. The molecule has 0 aliphatic heterocycles. The van der Waals surface area contributed by atoms with Crippen LogP contribution in [0.25, 0.3) is 0 Å².